The highest BCUT2D eigenvalue weighted by molar-refractivity contribution is 5.90. The molecule has 31 heavy (non-hydrogen) atoms. The fraction of sp³-hybridized carbons (Fsp3) is 0.750. The molecule has 3 fully saturated rings. The molecule has 2 amide bonds. The molecule has 2 bridgehead atoms. The average molecular weight is 428 g/mol. The average Bonchev–Trinajstić information content (AvgIpc) is 2.77. The molecule has 4 aliphatic rings. The van der Waals surface area contributed by atoms with E-state index in [-0.39, 0.29) is 17.6 Å². The van der Waals surface area contributed by atoms with E-state index in [1.54, 1.807) is 6.07 Å². The van der Waals surface area contributed by atoms with E-state index in [0.717, 1.165) is 50.3 Å². The minimum Gasteiger partial charge on any atom is -0.335 e. The van der Waals surface area contributed by atoms with Crippen molar-refractivity contribution in [3.63, 3.8) is 0 Å². The quantitative estimate of drug-likeness (QED) is 0.778. The topological polar surface area (TPSA) is 69.6 Å². The summed E-state index contributed by atoms with van der Waals surface area (Å²) in [6.45, 7) is 5.19. The Bertz CT molecular complexity index is 854. The van der Waals surface area contributed by atoms with Crippen molar-refractivity contribution in [3.05, 3.63) is 28.2 Å². The maximum Gasteiger partial charge on any atom is 0.319 e. The van der Waals surface area contributed by atoms with Gasteiger partial charge in [-0.25, -0.2) is 4.79 Å². The molecule has 1 aromatic rings. The molecule has 170 valence electrons. The minimum absolute atomic E-state index is 0.0654. The van der Waals surface area contributed by atoms with Crippen molar-refractivity contribution >= 4 is 11.7 Å². The van der Waals surface area contributed by atoms with E-state index < -0.39 is 0 Å². The number of rotatable bonds is 3. The van der Waals surface area contributed by atoms with Crippen molar-refractivity contribution in [1.29, 1.82) is 0 Å². The van der Waals surface area contributed by atoms with E-state index >= 15 is 0 Å². The van der Waals surface area contributed by atoms with E-state index in [2.05, 4.69) is 27.5 Å². The molecule has 1 aromatic heterocycles. The molecule has 1 saturated carbocycles. The first-order valence-corrected chi connectivity index (χ1v) is 12.3. The van der Waals surface area contributed by atoms with Crippen LogP contribution in [0.1, 0.15) is 63.0 Å². The lowest BCUT2D eigenvalue weighted by atomic mass is 9.81. The van der Waals surface area contributed by atoms with Gasteiger partial charge in [-0.15, -0.1) is 0 Å². The first-order valence-electron chi connectivity index (χ1n) is 12.3. The molecule has 1 aliphatic carbocycles. The lowest BCUT2D eigenvalue weighted by Crippen LogP contribution is -2.53. The minimum atomic E-state index is -0.126. The van der Waals surface area contributed by atoms with Gasteiger partial charge in [-0.1, -0.05) is 19.3 Å². The van der Waals surface area contributed by atoms with Gasteiger partial charge in [0.05, 0.1) is 5.69 Å². The van der Waals surface area contributed by atoms with Gasteiger partial charge in [0.1, 0.15) is 0 Å². The van der Waals surface area contributed by atoms with Crippen molar-refractivity contribution in [2.45, 2.75) is 75.9 Å². The van der Waals surface area contributed by atoms with Crippen molar-refractivity contribution < 1.29 is 4.79 Å². The molecule has 2 N–H and O–H groups in total. The molecule has 7 nitrogen and oxygen atoms in total. The summed E-state index contributed by atoms with van der Waals surface area (Å²) in [4.78, 5) is 30.5. The Morgan fingerprint density at radius 3 is 2.55 bits per heavy atom. The molecule has 0 spiro atoms. The Kier molecular flexibility index (Phi) is 6.06. The van der Waals surface area contributed by atoms with Gasteiger partial charge in [0.25, 0.3) is 5.56 Å². The first kappa shape index (κ1) is 21.0. The van der Waals surface area contributed by atoms with Crippen molar-refractivity contribution in [1.82, 2.24) is 19.7 Å². The SMILES string of the molecule is CN1CCC(N2C[C@H]3C[C@H](C2)c2c(NC(=O)NC4CCCCC4)ccc(=O)n2C3)CC1. The summed E-state index contributed by atoms with van der Waals surface area (Å²) in [6.07, 6.45) is 9.36. The number of likely N-dealkylation sites (tertiary alicyclic amines) is 2. The molecule has 4 heterocycles. The predicted molar refractivity (Wildman–Crippen MR) is 123 cm³/mol. The van der Waals surface area contributed by atoms with E-state index in [1.807, 2.05) is 10.6 Å². The zero-order valence-electron chi connectivity index (χ0n) is 18.8. The number of hydrogen-bond donors (Lipinski definition) is 2. The number of aromatic nitrogens is 1. The standard InChI is InChI=1S/C24H37N5O2/c1-27-11-9-20(10-12-27)28-14-17-13-18(16-28)23-21(7-8-22(30)29(23)15-17)26-24(31)25-19-5-3-2-4-6-19/h7-8,17-20H,2-6,9-16H2,1H3,(H2,25,26,31)/t17-,18-/m1/s1. The second kappa shape index (κ2) is 8.94. The zero-order chi connectivity index (χ0) is 21.4. The van der Waals surface area contributed by atoms with E-state index in [0.29, 0.717) is 17.9 Å². The van der Waals surface area contributed by atoms with Crippen LogP contribution in [0.2, 0.25) is 0 Å². The van der Waals surface area contributed by atoms with Gasteiger partial charge in [0.15, 0.2) is 0 Å². The molecular formula is C24H37N5O2. The Balaban J connectivity index is 1.33. The summed E-state index contributed by atoms with van der Waals surface area (Å²) in [5.74, 6) is 0.834. The summed E-state index contributed by atoms with van der Waals surface area (Å²) >= 11 is 0. The van der Waals surface area contributed by atoms with E-state index in [1.165, 1.54) is 45.2 Å². The Morgan fingerprint density at radius 1 is 1.00 bits per heavy atom. The number of pyridine rings is 1. The Morgan fingerprint density at radius 2 is 1.77 bits per heavy atom. The number of hydrogen-bond acceptors (Lipinski definition) is 4. The van der Waals surface area contributed by atoms with Crippen molar-refractivity contribution in [3.8, 4) is 0 Å². The number of piperidine rings is 2. The summed E-state index contributed by atoms with van der Waals surface area (Å²) in [6, 6.07) is 4.24. The molecule has 3 aliphatic heterocycles. The molecule has 2 saturated heterocycles. The molecule has 0 unspecified atom stereocenters. The van der Waals surface area contributed by atoms with Gasteiger partial charge in [0.2, 0.25) is 0 Å². The fourth-order valence-corrected chi connectivity index (χ4v) is 6.41. The van der Waals surface area contributed by atoms with Crippen LogP contribution in [0.25, 0.3) is 0 Å². The highest BCUT2D eigenvalue weighted by atomic mass is 16.2. The summed E-state index contributed by atoms with van der Waals surface area (Å²) in [5, 5.41) is 6.27. The highest BCUT2D eigenvalue weighted by Crippen LogP contribution is 2.40. The lowest BCUT2D eigenvalue weighted by molar-refractivity contribution is 0.0519. The van der Waals surface area contributed by atoms with E-state index in [9.17, 15) is 9.59 Å². The number of urea groups is 1. The van der Waals surface area contributed by atoms with Gasteiger partial charge in [-0.3, -0.25) is 9.69 Å². The predicted octanol–water partition coefficient (Wildman–Crippen LogP) is 2.82. The smallest absolute Gasteiger partial charge is 0.319 e. The molecule has 0 radical (unpaired) electrons. The van der Waals surface area contributed by atoms with Gasteiger partial charge in [-0.2, -0.15) is 0 Å². The van der Waals surface area contributed by atoms with Crippen LogP contribution in [0.3, 0.4) is 0 Å². The lowest BCUT2D eigenvalue weighted by Gasteiger charge is -2.47. The van der Waals surface area contributed by atoms with Crippen LogP contribution in [0.15, 0.2) is 16.9 Å². The van der Waals surface area contributed by atoms with Crippen LogP contribution in [-0.2, 0) is 6.54 Å². The third-order valence-corrected chi connectivity index (χ3v) is 8.01. The maximum atomic E-state index is 12.7. The number of anilines is 1. The zero-order valence-corrected chi connectivity index (χ0v) is 18.8. The van der Waals surface area contributed by atoms with Crippen molar-refractivity contribution in [2.75, 3.05) is 38.5 Å². The third-order valence-electron chi connectivity index (χ3n) is 8.01. The summed E-state index contributed by atoms with van der Waals surface area (Å²) in [7, 11) is 2.21. The molecule has 7 heteroatoms. The van der Waals surface area contributed by atoms with Crippen LogP contribution in [0.4, 0.5) is 10.5 Å². The van der Waals surface area contributed by atoms with Gasteiger partial charge in [-0.05, 0) is 64.2 Å². The summed E-state index contributed by atoms with van der Waals surface area (Å²) < 4.78 is 1.95. The third kappa shape index (κ3) is 4.53. The number of carbonyl (C=O) groups excluding carboxylic acids is 1. The number of carbonyl (C=O) groups is 1. The largest absolute Gasteiger partial charge is 0.335 e. The Hall–Kier alpha value is -1.86. The second-order valence-corrected chi connectivity index (χ2v) is 10.3. The van der Waals surface area contributed by atoms with Crippen molar-refractivity contribution in [2.24, 2.45) is 5.92 Å². The second-order valence-electron chi connectivity index (χ2n) is 10.3. The van der Waals surface area contributed by atoms with Crippen LogP contribution >= 0.6 is 0 Å². The molecule has 5 rings (SSSR count). The van der Waals surface area contributed by atoms with Gasteiger partial charge < -0.3 is 20.1 Å². The number of amides is 2. The molecular weight excluding hydrogens is 390 g/mol. The van der Waals surface area contributed by atoms with Gasteiger partial charge in [0, 0.05) is 49.4 Å². The molecule has 0 aromatic carbocycles. The van der Waals surface area contributed by atoms with Crippen LogP contribution < -0.4 is 16.2 Å². The van der Waals surface area contributed by atoms with Crippen LogP contribution in [0.5, 0.6) is 0 Å². The van der Waals surface area contributed by atoms with Crippen LogP contribution in [0, 0.1) is 5.92 Å². The number of nitrogens with one attached hydrogen (secondary N) is 2. The Labute approximate surface area is 185 Å². The number of fused-ring (bicyclic) bond motifs is 4. The van der Waals surface area contributed by atoms with Gasteiger partial charge >= 0.3 is 6.03 Å². The molecule has 2 atom stereocenters. The number of nitrogens with zero attached hydrogens (tertiary/aromatic N) is 3. The van der Waals surface area contributed by atoms with Crippen LogP contribution in [-0.4, -0.2) is 65.7 Å². The van der Waals surface area contributed by atoms with E-state index in [4.69, 9.17) is 0 Å². The fourth-order valence-electron chi connectivity index (χ4n) is 6.41. The highest BCUT2D eigenvalue weighted by Gasteiger charge is 2.39. The first-order chi connectivity index (χ1) is 15.1. The maximum absolute atomic E-state index is 12.7. The normalized spacial score (nSPS) is 28.2. The monoisotopic (exact) mass is 427 g/mol. The summed E-state index contributed by atoms with van der Waals surface area (Å²) in [5.41, 5.74) is 1.93.